The molecular formula is C26H23N5O. The number of aromatic nitrogens is 3. The number of hydrogen-bond acceptors (Lipinski definition) is 5. The molecule has 0 spiro atoms. The van der Waals surface area contributed by atoms with E-state index in [1.54, 1.807) is 6.33 Å². The van der Waals surface area contributed by atoms with Crippen molar-refractivity contribution in [1.29, 1.82) is 0 Å². The highest BCUT2D eigenvalue weighted by atomic mass is 16.2. The molecule has 6 rings (SSSR count). The zero-order valence-corrected chi connectivity index (χ0v) is 17.7. The molecule has 2 aromatic carbocycles. The number of carbonyl (C=O) groups excluding carboxylic acids is 1. The molecule has 0 bridgehead atoms. The molecule has 0 radical (unpaired) electrons. The van der Waals surface area contributed by atoms with Crippen molar-refractivity contribution in [3.05, 3.63) is 78.1 Å². The number of para-hydroxylation sites is 1. The quantitative estimate of drug-likeness (QED) is 0.483. The maximum atomic E-state index is 12.7. The van der Waals surface area contributed by atoms with Crippen LogP contribution in [0.3, 0.4) is 0 Å². The number of carbonyl (C=O) groups is 1. The topological polar surface area (TPSA) is 62.2 Å². The van der Waals surface area contributed by atoms with Crippen LogP contribution in [0.2, 0.25) is 0 Å². The smallest absolute Gasteiger partial charge is 0.253 e. The first-order chi connectivity index (χ1) is 15.8. The van der Waals surface area contributed by atoms with Gasteiger partial charge in [-0.15, -0.1) is 0 Å². The van der Waals surface area contributed by atoms with Crippen LogP contribution >= 0.6 is 0 Å². The van der Waals surface area contributed by atoms with Gasteiger partial charge in [0.25, 0.3) is 5.91 Å². The van der Waals surface area contributed by atoms with Crippen molar-refractivity contribution >= 4 is 28.4 Å². The van der Waals surface area contributed by atoms with Crippen molar-refractivity contribution in [2.75, 3.05) is 24.5 Å². The number of anilines is 2. The van der Waals surface area contributed by atoms with E-state index in [0.717, 1.165) is 72.6 Å². The highest BCUT2D eigenvalue weighted by Crippen LogP contribution is 2.36. The average molecular weight is 422 g/mol. The Kier molecular flexibility index (Phi) is 4.56. The van der Waals surface area contributed by atoms with Gasteiger partial charge in [0.2, 0.25) is 0 Å². The molecule has 2 aliphatic heterocycles. The van der Waals surface area contributed by atoms with Crippen LogP contribution in [0.4, 0.5) is 11.5 Å². The number of fused-ring (bicyclic) bond motifs is 2. The van der Waals surface area contributed by atoms with E-state index in [1.165, 1.54) is 11.3 Å². The fraction of sp³-hybridized carbons (Fsp3) is 0.231. The Hall–Kier alpha value is -3.80. The molecule has 1 saturated heterocycles. The van der Waals surface area contributed by atoms with E-state index in [9.17, 15) is 4.79 Å². The van der Waals surface area contributed by atoms with Gasteiger partial charge in [0.1, 0.15) is 11.8 Å². The maximum Gasteiger partial charge on any atom is 0.253 e. The fourth-order valence-corrected chi connectivity index (χ4v) is 4.73. The first-order valence-electron chi connectivity index (χ1n) is 11.1. The molecule has 2 aliphatic rings. The molecule has 0 aliphatic carbocycles. The van der Waals surface area contributed by atoms with Gasteiger partial charge in [-0.2, -0.15) is 0 Å². The van der Waals surface area contributed by atoms with Gasteiger partial charge in [0.15, 0.2) is 5.82 Å². The molecule has 6 heteroatoms. The van der Waals surface area contributed by atoms with Crippen LogP contribution in [0.5, 0.6) is 0 Å². The lowest BCUT2D eigenvalue weighted by molar-refractivity contribution is 0.0793. The van der Waals surface area contributed by atoms with Gasteiger partial charge in [-0.05, 0) is 55.2 Å². The first-order valence-corrected chi connectivity index (χ1v) is 11.1. The summed E-state index contributed by atoms with van der Waals surface area (Å²) in [7, 11) is 0. The Bertz CT molecular complexity index is 1310. The summed E-state index contributed by atoms with van der Waals surface area (Å²) in [6.07, 6.45) is 4.79. The Balaban J connectivity index is 1.36. The van der Waals surface area contributed by atoms with Crippen LogP contribution in [0.25, 0.3) is 22.3 Å². The lowest BCUT2D eigenvalue weighted by Gasteiger charge is -2.19. The highest BCUT2D eigenvalue weighted by Gasteiger charge is 2.24. The van der Waals surface area contributed by atoms with Crippen LogP contribution in [0.1, 0.15) is 28.8 Å². The molecule has 2 aromatic heterocycles. The minimum absolute atomic E-state index is 0.115. The summed E-state index contributed by atoms with van der Waals surface area (Å²) in [5.41, 5.74) is 6.68. The van der Waals surface area contributed by atoms with E-state index in [4.69, 9.17) is 4.98 Å². The van der Waals surface area contributed by atoms with Crippen LogP contribution in [0, 0.1) is 0 Å². The standard InChI is InChI=1S/C26H23N5O/c32-26(30-14-3-4-15-30)20-9-7-18(8-10-20)21-11-12-22-24(29-21)25(28-17-27-22)31-16-13-19-5-1-2-6-23(19)31/h1-2,5-12,17H,3-4,13-16H2. The maximum absolute atomic E-state index is 12.7. The molecular weight excluding hydrogens is 398 g/mol. The Morgan fingerprint density at radius 3 is 2.50 bits per heavy atom. The SMILES string of the molecule is O=C(c1ccc(-c2ccc3ncnc(N4CCc5ccccc54)c3n2)cc1)N1CCCC1. The van der Waals surface area contributed by atoms with Crippen molar-refractivity contribution in [1.82, 2.24) is 19.9 Å². The van der Waals surface area contributed by atoms with Gasteiger partial charge in [-0.25, -0.2) is 15.0 Å². The fourth-order valence-electron chi connectivity index (χ4n) is 4.73. The van der Waals surface area contributed by atoms with E-state index >= 15 is 0 Å². The largest absolute Gasteiger partial charge is 0.339 e. The summed E-state index contributed by atoms with van der Waals surface area (Å²) in [6.45, 7) is 2.59. The summed E-state index contributed by atoms with van der Waals surface area (Å²) >= 11 is 0. The Morgan fingerprint density at radius 1 is 0.844 bits per heavy atom. The molecule has 4 heterocycles. The predicted octanol–water partition coefficient (Wildman–Crippen LogP) is 4.62. The molecule has 32 heavy (non-hydrogen) atoms. The molecule has 0 saturated carbocycles. The van der Waals surface area contributed by atoms with E-state index in [2.05, 4.69) is 39.1 Å². The van der Waals surface area contributed by atoms with E-state index < -0.39 is 0 Å². The van der Waals surface area contributed by atoms with Gasteiger partial charge in [0, 0.05) is 36.4 Å². The first kappa shape index (κ1) is 18.9. The van der Waals surface area contributed by atoms with Crippen molar-refractivity contribution in [2.45, 2.75) is 19.3 Å². The third-order valence-electron chi connectivity index (χ3n) is 6.43. The molecule has 158 valence electrons. The summed E-state index contributed by atoms with van der Waals surface area (Å²) in [5, 5.41) is 0. The lowest BCUT2D eigenvalue weighted by Crippen LogP contribution is -2.27. The highest BCUT2D eigenvalue weighted by molar-refractivity contribution is 5.95. The van der Waals surface area contributed by atoms with Crippen LogP contribution in [-0.2, 0) is 6.42 Å². The van der Waals surface area contributed by atoms with Gasteiger partial charge in [0.05, 0.1) is 11.2 Å². The van der Waals surface area contributed by atoms with E-state index in [-0.39, 0.29) is 5.91 Å². The van der Waals surface area contributed by atoms with Crippen molar-refractivity contribution < 1.29 is 4.79 Å². The minimum Gasteiger partial charge on any atom is -0.339 e. The summed E-state index contributed by atoms with van der Waals surface area (Å²) in [5.74, 6) is 0.950. The number of likely N-dealkylation sites (tertiary alicyclic amines) is 1. The monoisotopic (exact) mass is 421 g/mol. The second-order valence-corrected chi connectivity index (χ2v) is 8.37. The molecule has 6 nitrogen and oxygen atoms in total. The second kappa shape index (κ2) is 7.71. The average Bonchev–Trinajstić information content (AvgIpc) is 3.54. The summed E-state index contributed by atoms with van der Waals surface area (Å²) < 4.78 is 0. The number of pyridine rings is 1. The molecule has 1 fully saturated rings. The van der Waals surface area contributed by atoms with Crippen molar-refractivity contribution in [3.8, 4) is 11.3 Å². The normalized spacial score (nSPS) is 15.4. The summed E-state index contributed by atoms with van der Waals surface area (Å²) in [6, 6.07) is 20.2. The Morgan fingerprint density at radius 2 is 1.66 bits per heavy atom. The number of nitrogens with zero attached hydrogens (tertiary/aromatic N) is 5. The predicted molar refractivity (Wildman–Crippen MR) is 125 cm³/mol. The number of benzene rings is 2. The number of rotatable bonds is 3. The van der Waals surface area contributed by atoms with Gasteiger partial charge < -0.3 is 9.80 Å². The zero-order valence-electron chi connectivity index (χ0n) is 17.7. The second-order valence-electron chi connectivity index (χ2n) is 8.37. The molecule has 0 atom stereocenters. The third-order valence-corrected chi connectivity index (χ3v) is 6.43. The van der Waals surface area contributed by atoms with Crippen molar-refractivity contribution in [2.24, 2.45) is 0 Å². The molecule has 0 unspecified atom stereocenters. The van der Waals surface area contributed by atoms with Crippen LogP contribution in [-0.4, -0.2) is 45.4 Å². The minimum atomic E-state index is 0.115. The molecule has 4 aromatic rings. The molecule has 0 N–H and O–H groups in total. The summed E-state index contributed by atoms with van der Waals surface area (Å²) in [4.78, 5) is 30.8. The van der Waals surface area contributed by atoms with Crippen LogP contribution in [0.15, 0.2) is 67.0 Å². The van der Waals surface area contributed by atoms with E-state index in [1.807, 2.05) is 41.3 Å². The van der Waals surface area contributed by atoms with E-state index in [0.29, 0.717) is 0 Å². The van der Waals surface area contributed by atoms with Gasteiger partial charge in [-0.1, -0.05) is 30.3 Å². The Labute approximate surface area is 186 Å². The van der Waals surface area contributed by atoms with Crippen LogP contribution < -0.4 is 4.90 Å². The number of hydrogen-bond donors (Lipinski definition) is 0. The van der Waals surface area contributed by atoms with Gasteiger partial charge >= 0.3 is 0 Å². The zero-order chi connectivity index (χ0) is 21.5. The van der Waals surface area contributed by atoms with Crippen molar-refractivity contribution in [3.63, 3.8) is 0 Å². The number of amides is 1. The third kappa shape index (κ3) is 3.19. The lowest BCUT2D eigenvalue weighted by atomic mass is 10.1. The molecule has 1 amide bonds. The van der Waals surface area contributed by atoms with Gasteiger partial charge in [-0.3, -0.25) is 4.79 Å².